The van der Waals surface area contributed by atoms with E-state index in [-0.39, 0.29) is 0 Å². The molecular weight excluding hydrogens is 192 g/mol. The van der Waals surface area contributed by atoms with Crippen LogP contribution in [0.25, 0.3) is 0 Å². The van der Waals surface area contributed by atoms with E-state index in [0.717, 1.165) is 51.3 Å². The van der Waals surface area contributed by atoms with Crippen molar-refractivity contribution >= 4 is 6.01 Å². The number of hydrogen-bond acceptors (Lipinski definition) is 5. The lowest BCUT2D eigenvalue weighted by atomic mass is 10.2. The van der Waals surface area contributed by atoms with Crippen LogP contribution in [0, 0.1) is 0 Å². The molecule has 15 heavy (non-hydrogen) atoms. The third kappa shape index (κ3) is 2.68. The van der Waals surface area contributed by atoms with Crippen molar-refractivity contribution in [1.82, 2.24) is 15.5 Å². The Balaban J connectivity index is 1.93. The smallest absolute Gasteiger partial charge is 0.322 e. The third-order valence-corrected chi connectivity index (χ3v) is 2.60. The van der Waals surface area contributed by atoms with E-state index in [1.54, 1.807) is 0 Å². The fraction of sp³-hybridized carbons (Fsp3) is 0.800. The van der Waals surface area contributed by atoms with Crippen molar-refractivity contribution in [1.29, 1.82) is 0 Å². The first kappa shape index (κ1) is 10.4. The van der Waals surface area contributed by atoms with Gasteiger partial charge in [0.05, 0.1) is 0 Å². The summed E-state index contributed by atoms with van der Waals surface area (Å²) in [6, 6.07) is 0.683. The van der Waals surface area contributed by atoms with E-state index in [0.29, 0.717) is 6.01 Å². The Hall–Kier alpha value is -1.10. The standard InChI is InChI=1S/C10H18N4O/c1-2-3-4-9-12-10(15-13-9)14-7-5-11-6-8-14/h11H,2-8H2,1H3. The second kappa shape index (κ2) is 5.11. The molecule has 84 valence electrons. The van der Waals surface area contributed by atoms with Crippen molar-refractivity contribution in [3.05, 3.63) is 5.82 Å². The second-order valence-electron chi connectivity index (χ2n) is 3.83. The molecule has 2 heterocycles. The van der Waals surface area contributed by atoms with Crippen molar-refractivity contribution in [2.75, 3.05) is 31.1 Å². The molecular formula is C10H18N4O. The van der Waals surface area contributed by atoms with Gasteiger partial charge in [0.25, 0.3) is 0 Å². The minimum absolute atomic E-state index is 0.683. The highest BCUT2D eigenvalue weighted by Crippen LogP contribution is 2.12. The molecule has 0 saturated carbocycles. The maximum absolute atomic E-state index is 5.24. The molecule has 0 radical (unpaired) electrons. The number of aryl methyl sites for hydroxylation is 1. The Bertz CT molecular complexity index is 293. The fourth-order valence-corrected chi connectivity index (χ4v) is 1.67. The lowest BCUT2D eigenvalue weighted by molar-refractivity contribution is 0.398. The molecule has 1 aliphatic heterocycles. The predicted octanol–water partition coefficient (Wildman–Crippen LogP) is 0.822. The number of unbranched alkanes of at least 4 members (excludes halogenated alkanes) is 1. The van der Waals surface area contributed by atoms with Gasteiger partial charge in [-0.15, -0.1) is 0 Å². The van der Waals surface area contributed by atoms with Crippen LogP contribution in [-0.4, -0.2) is 36.3 Å². The van der Waals surface area contributed by atoms with Crippen LogP contribution in [0.3, 0.4) is 0 Å². The molecule has 0 bridgehead atoms. The lowest BCUT2D eigenvalue weighted by Crippen LogP contribution is -2.43. The number of anilines is 1. The molecule has 1 fully saturated rings. The highest BCUT2D eigenvalue weighted by atomic mass is 16.5. The molecule has 1 aromatic heterocycles. The number of nitrogens with one attached hydrogen (secondary N) is 1. The van der Waals surface area contributed by atoms with E-state index in [2.05, 4.69) is 27.3 Å². The summed E-state index contributed by atoms with van der Waals surface area (Å²) in [5, 5.41) is 7.27. The van der Waals surface area contributed by atoms with Crippen molar-refractivity contribution in [3.8, 4) is 0 Å². The zero-order valence-electron chi connectivity index (χ0n) is 9.20. The molecule has 0 atom stereocenters. The molecule has 0 amide bonds. The minimum Gasteiger partial charge on any atom is -0.322 e. The zero-order chi connectivity index (χ0) is 10.5. The first-order chi connectivity index (χ1) is 7.40. The summed E-state index contributed by atoms with van der Waals surface area (Å²) in [6.45, 7) is 6.06. The summed E-state index contributed by atoms with van der Waals surface area (Å²) in [4.78, 5) is 6.53. The van der Waals surface area contributed by atoms with E-state index in [9.17, 15) is 0 Å². The zero-order valence-corrected chi connectivity index (χ0v) is 9.20. The Labute approximate surface area is 89.8 Å². The van der Waals surface area contributed by atoms with Gasteiger partial charge >= 0.3 is 6.01 Å². The van der Waals surface area contributed by atoms with E-state index < -0.39 is 0 Å². The number of piperazine rings is 1. The van der Waals surface area contributed by atoms with Gasteiger partial charge in [0.2, 0.25) is 0 Å². The van der Waals surface area contributed by atoms with Crippen molar-refractivity contribution < 1.29 is 4.52 Å². The lowest BCUT2D eigenvalue weighted by Gasteiger charge is -2.24. The molecule has 1 saturated heterocycles. The molecule has 2 rings (SSSR count). The number of hydrogen-bond donors (Lipinski definition) is 1. The first-order valence-electron chi connectivity index (χ1n) is 5.68. The average Bonchev–Trinajstić information content (AvgIpc) is 2.76. The van der Waals surface area contributed by atoms with Gasteiger partial charge in [0.15, 0.2) is 5.82 Å². The normalized spacial score (nSPS) is 17.0. The molecule has 0 aliphatic carbocycles. The number of aromatic nitrogens is 2. The van der Waals surface area contributed by atoms with Gasteiger partial charge < -0.3 is 14.7 Å². The molecule has 1 aromatic rings. The van der Waals surface area contributed by atoms with E-state index in [1.807, 2.05) is 0 Å². The van der Waals surface area contributed by atoms with Crippen LogP contribution in [0.1, 0.15) is 25.6 Å². The van der Waals surface area contributed by atoms with Crippen LogP contribution >= 0.6 is 0 Å². The minimum atomic E-state index is 0.683. The third-order valence-electron chi connectivity index (χ3n) is 2.60. The molecule has 5 nitrogen and oxygen atoms in total. The van der Waals surface area contributed by atoms with E-state index >= 15 is 0 Å². The Kier molecular flexibility index (Phi) is 3.55. The van der Waals surface area contributed by atoms with Gasteiger partial charge in [-0.2, -0.15) is 4.98 Å². The van der Waals surface area contributed by atoms with Crippen molar-refractivity contribution in [2.24, 2.45) is 0 Å². The molecule has 5 heteroatoms. The number of nitrogens with zero attached hydrogens (tertiary/aromatic N) is 3. The van der Waals surface area contributed by atoms with Gasteiger partial charge in [0, 0.05) is 32.6 Å². The van der Waals surface area contributed by atoms with Gasteiger partial charge in [-0.3, -0.25) is 0 Å². The summed E-state index contributed by atoms with van der Waals surface area (Å²) in [6.07, 6.45) is 3.21. The Morgan fingerprint density at radius 3 is 2.93 bits per heavy atom. The van der Waals surface area contributed by atoms with Gasteiger partial charge in [0.1, 0.15) is 0 Å². The van der Waals surface area contributed by atoms with Crippen molar-refractivity contribution in [3.63, 3.8) is 0 Å². The highest BCUT2D eigenvalue weighted by Gasteiger charge is 2.16. The van der Waals surface area contributed by atoms with Crippen molar-refractivity contribution in [2.45, 2.75) is 26.2 Å². The molecule has 0 unspecified atom stereocenters. The summed E-state index contributed by atoms with van der Waals surface area (Å²) in [5.74, 6) is 0.838. The SMILES string of the molecule is CCCCc1noc(N2CCNCC2)n1. The maximum atomic E-state index is 5.24. The van der Waals surface area contributed by atoms with Crippen LogP contribution in [0.4, 0.5) is 6.01 Å². The molecule has 1 N–H and O–H groups in total. The maximum Gasteiger partial charge on any atom is 0.324 e. The Morgan fingerprint density at radius 1 is 1.40 bits per heavy atom. The van der Waals surface area contributed by atoms with E-state index in [4.69, 9.17) is 4.52 Å². The topological polar surface area (TPSA) is 54.2 Å². The Morgan fingerprint density at radius 2 is 2.20 bits per heavy atom. The molecule has 0 aromatic carbocycles. The predicted molar refractivity (Wildman–Crippen MR) is 58.0 cm³/mol. The van der Waals surface area contributed by atoms with Crippen LogP contribution in [-0.2, 0) is 6.42 Å². The largest absolute Gasteiger partial charge is 0.324 e. The van der Waals surface area contributed by atoms with Gasteiger partial charge in [-0.1, -0.05) is 18.5 Å². The number of rotatable bonds is 4. The quantitative estimate of drug-likeness (QED) is 0.797. The summed E-state index contributed by atoms with van der Waals surface area (Å²) >= 11 is 0. The molecule has 1 aliphatic rings. The fourth-order valence-electron chi connectivity index (χ4n) is 1.67. The van der Waals surface area contributed by atoms with Gasteiger partial charge in [-0.05, 0) is 6.42 Å². The molecule has 0 spiro atoms. The van der Waals surface area contributed by atoms with Crippen LogP contribution in [0.2, 0.25) is 0 Å². The first-order valence-corrected chi connectivity index (χ1v) is 5.68. The highest BCUT2D eigenvalue weighted by molar-refractivity contribution is 5.25. The van der Waals surface area contributed by atoms with Crippen LogP contribution in [0.5, 0.6) is 0 Å². The summed E-state index contributed by atoms with van der Waals surface area (Å²) in [7, 11) is 0. The average molecular weight is 210 g/mol. The summed E-state index contributed by atoms with van der Waals surface area (Å²) in [5.41, 5.74) is 0. The second-order valence-corrected chi connectivity index (χ2v) is 3.83. The van der Waals surface area contributed by atoms with Crippen LogP contribution < -0.4 is 10.2 Å². The monoisotopic (exact) mass is 210 g/mol. The van der Waals surface area contributed by atoms with Gasteiger partial charge in [-0.25, -0.2) is 0 Å². The summed E-state index contributed by atoms with van der Waals surface area (Å²) < 4.78 is 5.24. The van der Waals surface area contributed by atoms with Crippen LogP contribution in [0.15, 0.2) is 4.52 Å². The van der Waals surface area contributed by atoms with E-state index in [1.165, 1.54) is 0 Å².